The Bertz CT molecular complexity index is 754. The molecule has 1 aliphatic carbocycles. The molecular formula is C19H28N4O2. The molecule has 0 bridgehead atoms. The molecule has 1 amide bonds. The monoisotopic (exact) mass is 344 g/mol. The Hall–Kier alpha value is -2.11. The highest BCUT2D eigenvalue weighted by atomic mass is 16.5. The first kappa shape index (κ1) is 17.7. The first-order valence-corrected chi connectivity index (χ1v) is 9.11. The van der Waals surface area contributed by atoms with Crippen LogP contribution in [0.2, 0.25) is 0 Å². The molecule has 0 aliphatic heterocycles. The molecule has 2 heterocycles. The predicted molar refractivity (Wildman–Crippen MR) is 95.3 cm³/mol. The van der Waals surface area contributed by atoms with E-state index >= 15 is 0 Å². The fourth-order valence-corrected chi connectivity index (χ4v) is 3.64. The van der Waals surface area contributed by atoms with Gasteiger partial charge in [-0.1, -0.05) is 25.9 Å². The molecular weight excluding hydrogens is 316 g/mol. The number of aromatic nitrogens is 3. The molecule has 0 spiro atoms. The van der Waals surface area contributed by atoms with Gasteiger partial charge in [-0.05, 0) is 44.1 Å². The van der Waals surface area contributed by atoms with Crippen molar-refractivity contribution in [3.05, 3.63) is 35.0 Å². The molecule has 1 aliphatic rings. The molecule has 6 nitrogen and oxygen atoms in total. The van der Waals surface area contributed by atoms with Crippen molar-refractivity contribution in [2.45, 2.75) is 66.5 Å². The average Bonchev–Trinajstić information content (AvgIpc) is 3.19. The van der Waals surface area contributed by atoms with E-state index in [-0.39, 0.29) is 17.4 Å². The maximum Gasteiger partial charge on any atom is 0.274 e. The molecule has 2 aromatic heterocycles. The molecule has 2 atom stereocenters. The molecule has 0 aromatic carbocycles. The number of aryl methyl sites for hydroxylation is 2. The Kier molecular flexibility index (Phi) is 4.71. The minimum atomic E-state index is -0.170. The molecule has 0 saturated heterocycles. The lowest BCUT2D eigenvalue weighted by Gasteiger charge is -2.33. The third kappa shape index (κ3) is 3.48. The standard InChI is InChI=1S/C19H28N4O2/c1-6-23-15(9-10-20-23)12(2)21-18(24)17-14-11-13(19(3,4)5)7-8-16(14)25-22-17/h9-10,12-13H,6-8,11H2,1-5H3,(H,21,24)/t12-,13-/m0/s1. The summed E-state index contributed by atoms with van der Waals surface area (Å²) >= 11 is 0. The summed E-state index contributed by atoms with van der Waals surface area (Å²) < 4.78 is 7.35. The van der Waals surface area contributed by atoms with Crippen molar-refractivity contribution >= 4 is 5.91 Å². The second-order valence-corrected chi connectivity index (χ2v) is 8.01. The van der Waals surface area contributed by atoms with Crippen molar-refractivity contribution in [3.8, 4) is 0 Å². The number of hydrogen-bond donors (Lipinski definition) is 1. The van der Waals surface area contributed by atoms with Crippen LogP contribution in [-0.4, -0.2) is 20.8 Å². The van der Waals surface area contributed by atoms with Crippen LogP contribution in [0.25, 0.3) is 0 Å². The van der Waals surface area contributed by atoms with E-state index in [1.54, 1.807) is 6.20 Å². The lowest BCUT2D eigenvalue weighted by Crippen LogP contribution is -2.31. The van der Waals surface area contributed by atoms with Crippen molar-refractivity contribution in [3.63, 3.8) is 0 Å². The summed E-state index contributed by atoms with van der Waals surface area (Å²) in [5, 5.41) is 11.4. The van der Waals surface area contributed by atoms with Gasteiger partial charge in [-0.25, -0.2) is 0 Å². The third-order valence-corrected chi connectivity index (χ3v) is 5.32. The zero-order valence-corrected chi connectivity index (χ0v) is 15.8. The van der Waals surface area contributed by atoms with Crippen LogP contribution in [0.5, 0.6) is 0 Å². The second-order valence-electron chi connectivity index (χ2n) is 8.01. The van der Waals surface area contributed by atoms with Gasteiger partial charge in [0.2, 0.25) is 0 Å². The Morgan fingerprint density at radius 2 is 2.24 bits per heavy atom. The fourth-order valence-electron chi connectivity index (χ4n) is 3.64. The summed E-state index contributed by atoms with van der Waals surface area (Å²) in [7, 11) is 0. The first-order chi connectivity index (χ1) is 11.8. The zero-order chi connectivity index (χ0) is 18.2. The van der Waals surface area contributed by atoms with Crippen LogP contribution < -0.4 is 5.32 Å². The summed E-state index contributed by atoms with van der Waals surface area (Å²) in [5.74, 6) is 1.23. The molecule has 1 N–H and O–H groups in total. The maximum atomic E-state index is 12.8. The Morgan fingerprint density at radius 3 is 2.92 bits per heavy atom. The second kappa shape index (κ2) is 6.65. The van der Waals surface area contributed by atoms with Crippen LogP contribution in [0.15, 0.2) is 16.8 Å². The maximum absolute atomic E-state index is 12.8. The highest BCUT2D eigenvalue weighted by Gasteiger charge is 2.34. The van der Waals surface area contributed by atoms with Crippen LogP contribution in [0, 0.1) is 11.3 Å². The molecule has 3 rings (SSSR count). The number of rotatable bonds is 4. The number of nitrogens with zero attached hydrogens (tertiary/aromatic N) is 3. The number of amides is 1. The van der Waals surface area contributed by atoms with Gasteiger partial charge in [-0.3, -0.25) is 9.48 Å². The molecule has 25 heavy (non-hydrogen) atoms. The molecule has 0 radical (unpaired) electrons. The topological polar surface area (TPSA) is 73.0 Å². The van der Waals surface area contributed by atoms with E-state index in [0.717, 1.165) is 42.8 Å². The molecule has 6 heteroatoms. The minimum Gasteiger partial charge on any atom is -0.360 e. The van der Waals surface area contributed by atoms with E-state index in [4.69, 9.17) is 4.52 Å². The van der Waals surface area contributed by atoms with Gasteiger partial charge >= 0.3 is 0 Å². The summed E-state index contributed by atoms with van der Waals surface area (Å²) in [5.41, 5.74) is 2.63. The van der Waals surface area contributed by atoms with E-state index in [2.05, 4.69) is 36.3 Å². The third-order valence-electron chi connectivity index (χ3n) is 5.32. The number of hydrogen-bond acceptors (Lipinski definition) is 4. The van der Waals surface area contributed by atoms with Gasteiger partial charge in [-0.15, -0.1) is 0 Å². The molecule has 136 valence electrons. The normalized spacial score (nSPS) is 18.7. The van der Waals surface area contributed by atoms with Crippen molar-refractivity contribution in [1.82, 2.24) is 20.3 Å². The number of carbonyl (C=O) groups excluding carboxylic acids is 1. The highest BCUT2D eigenvalue weighted by molar-refractivity contribution is 5.94. The molecule has 2 aromatic rings. The first-order valence-electron chi connectivity index (χ1n) is 9.11. The van der Waals surface area contributed by atoms with E-state index in [0.29, 0.717) is 11.6 Å². The summed E-state index contributed by atoms with van der Waals surface area (Å²) in [6, 6.07) is 1.80. The van der Waals surface area contributed by atoms with Crippen molar-refractivity contribution in [2.75, 3.05) is 0 Å². The lowest BCUT2D eigenvalue weighted by molar-refractivity contribution is 0.0927. The van der Waals surface area contributed by atoms with Crippen molar-refractivity contribution in [1.29, 1.82) is 0 Å². The smallest absolute Gasteiger partial charge is 0.274 e. The van der Waals surface area contributed by atoms with Crippen molar-refractivity contribution < 1.29 is 9.32 Å². The summed E-state index contributed by atoms with van der Waals surface area (Å²) in [4.78, 5) is 12.8. The quantitative estimate of drug-likeness (QED) is 0.921. The number of fused-ring (bicyclic) bond motifs is 1. The Balaban J connectivity index is 1.77. The zero-order valence-electron chi connectivity index (χ0n) is 15.8. The van der Waals surface area contributed by atoms with Gasteiger partial charge in [0, 0.05) is 24.7 Å². The van der Waals surface area contributed by atoms with Gasteiger partial charge in [0.1, 0.15) is 5.76 Å². The molecule has 0 unspecified atom stereocenters. The van der Waals surface area contributed by atoms with Crippen LogP contribution >= 0.6 is 0 Å². The number of carbonyl (C=O) groups is 1. The van der Waals surface area contributed by atoms with Crippen LogP contribution in [0.1, 0.15) is 74.6 Å². The summed E-state index contributed by atoms with van der Waals surface area (Å²) in [6.07, 6.45) is 4.55. The van der Waals surface area contributed by atoms with E-state index in [9.17, 15) is 4.79 Å². The fraction of sp³-hybridized carbons (Fsp3) is 0.632. The van der Waals surface area contributed by atoms with Crippen LogP contribution in [0.4, 0.5) is 0 Å². The van der Waals surface area contributed by atoms with Crippen molar-refractivity contribution in [2.24, 2.45) is 11.3 Å². The Morgan fingerprint density at radius 1 is 1.48 bits per heavy atom. The van der Waals surface area contributed by atoms with Crippen LogP contribution in [0.3, 0.4) is 0 Å². The molecule has 0 saturated carbocycles. The van der Waals surface area contributed by atoms with Gasteiger partial charge in [0.15, 0.2) is 5.69 Å². The van der Waals surface area contributed by atoms with Gasteiger partial charge in [-0.2, -0.15) is 5.10 Å². The predicted octanol–water partition coefficient (Wildman–Crippen LogP) is 3.53. The largest absolute Gasteiger partial charge is 0.360 e. The van der Waals surface area contributed by atoms with Gasteiger partial charge < -0.3 is 9.84 Å². The van der Waals surface area contributed by atoms with Gasteiger partial charge in [0.05, 0.1) is 11.7 Å². The number of nitrogens with one attached hydrogen (secondary N) is 1. The average molecular weight is 344 g/mol. The SMILES string of the molecule is CCn1nccc1[C@H](C)NC(=O)c1noc2c1C[C@@H](C(C)(C)C)CC2. The van der Waals surface area contributed by atoms with Crippen LogP contribution in [-0.2, 0) is 19.4 Å². The van der Waals surface area contributed by atoms with E-state index in [1.807, 2.05) is 24.6 Å². The van der Waals surface area contributed by atoms with E-state index < -0.39 is 0 Å². The minimum absolute atomic E-state index is 0.135. The lowest BCUT2D eigenvalue weighted by atomic mass is 9.71. The van der Waals surface area contributed by atoms with E-state index in [1.165, 1.54) is 0 Å². The summed E-state index contributed by atoms with van der Waals surface area (Å²) in [6.45, 7) is 11.5. The van der Waals surface area contributed by atoms with Gasteiger partial charge in [0.25, 0.3) is 5.91 Å². The Labute approximate surface area is 149 Å². The molecule has 0 fully saturated rings. The highest BCUT2D eigenvalue weighted by Crippen LogP contribution is 2.38.